The van der Waals surface area contributed by atoms with Gasteiger partial charge in [0.05, 0.1) is 23.3 Å². The molecule has 0 spiro atoms. The quantitative estimate of drug-likeness (QED) is 0.399. The largest absolute Gasteiger partial charge is 0.492 e. The molecule has 0 bridgehead atoms. The molecule has 39 heavy (non-hydrogen) atoms. The van der Waals surface area contributed by atoms with E-state index >= 15 is 0 Å². The van der Waals surface area contributed by atoms with Crippen LogP contribution in [0.1, 0.15) is 68.1 Å². The maximum Gasteiger partial charge on any atom is 0.255 e. The second kappa shape index (κ2) is 10.1. The summed E-state index contributed by atoms with van der Waals surface area (Å²) >= 11 is 0. The van der Waals surface area contributed by atoms with Crippen molar-refractivity contribution < 1.29 is 23.8 Å². The zero-order valence-electron chi connectivity index (χ0n) is 21.8. The second-order valence-electron chi connectivity index (χ2n) is 11.2. The van der Waals surface area contributed by atoms with E-state index in [9.17, 15) is 9.59 Å². The number of aromatic amines is 1. The van der Waals surface area contributed by atoms with E-state index in [0.717, 1.165) is 38.5 Å². The van der Waals surface area contributed by atoms with Gasteiger partial charge in [-0.15, -0.1) is 0 Å². The highest BCUT2D eigenvalue weighted by atomic mass is 16.7. The molecule has 3 heterocycles. The Hall–Kier alpha value is -3.82. The molecule has 2 amide bonds. The third kappa shape index (κ3) is 4.77. The van der Waals surface area contributed by atoms with E-state index in [1.165, 1.54) is 25.6 Å². The average molecular weight is 532 g/mol. The maximum absolute atomic E-state index is 13.3. The van der Waals surface area contributed by atoms with Crippen LogP contribution in [0, 0.1) is 11.8 Å². The van der Waals surface area contributed by atoms with Gasteiger partial charge in [0.15, 0.2) is 11.5 Å². The van der Waals surface area contributed by atoms with E-state index in [0.29, 0.717) is 63.7 Å². The molecule has 2 aromatic heterocycles. The van der Waals surface area contributed by atoms with Crippen molar-refractivity contribution in [3.63, 3.8) is 0 Å². The molecule has 3 aromatic rings. The number of nitrogens with zero attached hydrogens (tertiary/aromatic N) is 2. The topological polar surface area (TPSA) is 127 Å². The highest BCUT2D eigenvalue weighted by Gasteiger charge is 2.32. The van der Waals surface area contributed by atoms with Gasteiger partial charge in [0, 0.05) is 24.2 Å². The minimum absolute atomic E-state index is 0.0307. The number of nitrogens with one attached hydrogen (secondary N) is 3. The Morgan fingerprint density at radius 2 is 1.77 bits per heavy atom. The van der Waals surface area contributed by atoms with Gasteiger partial charge >= 0.3 is 0 Å². The van der Waals surface area contributed by atoms with E-state index in [-0.39, 0.29) is 30.6 Å². The van der Waals surface area contributed by atoms with Crippen molar-refractivity contribution in [2.24, 2.45) is 11.8 Å². The molecule has 0 unspecified atom stereocenters. The lowest BCUT2D eigenvalue weighted by Crippen LogP contribution is -2.41. The first-order valence-corrected chi connectivity index (χ1v) is 14.1. The molecule has 0 saturated heterocycles. The van der Waals surface area contributed by atoms with Crippen LogP contribution in [0.15, 0.2) is 24.7 Å². The third-order valence-corrected chi connectivity index (χ3v) is 8.50. The van der Waals surface area contributed by atoms with Crippen LogP contribution in [0.3, 0.4) is 0 Å². The summed E-state index contributed by atoms with van der Waals surface area (Å²) in [7, 11) is 0. The molecule has 0 radical (unpaired) electrons. The van der Waals surface area contributed by atoms with Gasteiger partial charge in [-0.2, -0.15) is 0 Å². The standard InChI is InChI=1S/C29H33N5O5/c35-28(33-19-8-9-19)17-4-6-18(7-5-17)34-29(36)20-12-30-26-24(20)31-14-32-25(26)23-21(37-13-16-2-1-3-16)10-11-22-27(23)39-15-38-22/h10-12,14,16-19,30H,1-9,13,15H2,(H,33,35)(H,34,36). The molecule has 7 rings (SSSR count). The van der Waals surface area contributed by atoms with Crippen LogP contribution in [0.5, 0.6) is 17.2 Å². The molecular formula is C29H33N5O5. The molecule has 0 atom stereocenters. The lowest BCUT2D eigenvalue weighted by atomic mass is 9.85. The normalized spacial score (nSPS) is 22.4. The van der Waals surface area contributed by atoms with Gasteiger partial charge < -0.3 is 29.8 Å². The Bertz CT molecular complexity index is 1400. The van der Waals surface area contributed by atoms with Gasteiger partial charge in [0.1, 0.15) is 23.3 Å². The van der Waals surface area contributed by atoms with E-state index in [2.05, 4.69) is 25.6 Å². The molecule has 1 aromatic carbocycles. The second-order valence-corrected chi connectivity index (χ2v) is 11.2. The molecular weight excluding hydrogens is 498 g/mol. The predicted molar refractivity (Wildman–Crippen MR) is 143 cm³/mol. The third-order valence-electron chi connectivity index (χ3n) is 8.50. The van der Waals surface area contributed by atoms with E-state index in [1.807, 2.05) is 12.1 Å². The van der Waals surface area contributed by atoms with Crippen LogP contribution < -0.4 is 24.8 Å². The molecule has 1 aliphatic heterocycles. The minimum Gasteiger partial charge on any atom is -0.492 e. The number of hydrogen-bond acceptors (Lipinski definition) is 7. The van der Waals surface area contributed by atoms with Gasteiger partial charge in [-0.3, -0.25) is 9.59 Å². The van der Waals surface area contributed by atoms with Crippen LogP contribution in [-0.4, -0.2) is 52.2 Å². The van der Waals surface area contributed by atoms with Crippen LogP contribution in [0.2, 0.25) is 0 Å². The van der Waals surface area contributed by atoms with E-state index in [4.69, 9.17) is 14.2 Å². The molecule has 3 aliphatic carbocycles. The van der Waals surface area contributed by atoms with Gasteiger partial charge in [0.2, 0.25) is 12.7 Å². The number of hydrogen-bond donors (Lipinski definition) is 3. The van der Waals surface area contributed by atoms with Gasteiger partial charge in [-0.25, -0.2) is 9.97 Å². The first kappa shape index (κ1) is 24.2. The summed E-state index contributed by atoms with van der Waals surface area (Å²) in [4.78, 5) is 38.0. The first-order valence-electron chi connectivity index (χ1n) is 14.1. The van der Waals surface area contributed by atoms with Crippen LogP contribution in [0.25, 0.3) is 22.3 Å². The number of aromatic nitrogens is 3. The van der Waals surface area contributed by atoms with Crippen LogP contribution >= 0.6 is 0 Å². The molecule has 10 heteroatoms. The molecule has 204 valence electrons. The summed E-state index contributed by atoms with van der Waals surface area (Å²) in [6.45, 7) is 0.773. The number of carbonyl (C=O) groups is 2. The number of ether oxygens (including phenoxy) is 3. The maximum atomic E-state index is 13.3. The fourth-order valence-electron chi connectivity index (χ4n) is 5.78. The number of benzene rings is 1. The summed E-state index contributed by atoms with van der Waals surface area (Å²) < 4.78 is 17.7. The Labute approximate surface area is 226 Å². The zero-order chi connectivity index (χ0) is 26.3. The first-order chi connectivity index (χ1) is 19.1. The summed E-state index contributed by atoms with van der Waals surface area (Å²) in [6, 6.07) is 4.17. The van der Waals surface area contributed by atoms with Crippen LogP contribution in [0.4, 0.5) is 0 Å². The molecule has 4 aliphatic rings. The number of rotatable bonds is 8. The van der Waals surface area contributed by atoms with Crippen LogP contribution in [-0.2, 0) is 4.79 Å². The summed E-state index contributed by atoms with van der Waals surface area (Å²) in [5.41, 5.74) is 2.95. The lowest BCUT2D eigenvalue weighted by Gasteiger charge is -2.28. The van der Waals surface area contributed by atoms with Gasteiger partial charge in [0.25, 0.3) is 5.91 Å². The van der Waals surface area contributed by atoms with Crippen molar-refractivity contribution in [1.29, 1.82) is 0 Å². The summed E-state index contributed by atoms with van der Waals surface area (Å²) in [5.74, 6) is 2.49. The highest BCUT2D eigenvalue weighted by molar-refractivity contribution is 6.08. The summed E-state index contributed by atoms with van der Waals surface area (Å²) in [5, 5.41) is 6.27. The summed E-state index contributed by atoms with van der Waals surface area (Å²) in [6.07, 6.45) is 12.1. The Morgan fingerprint density at radius 1 is 0.974 bits per heavy atom. The van der Waals surface area contributed by atoms with Crippen molar-refractivity contribution in [3.8, 4) is 28.5 Å². The van der Waals surface area contributed by atoms with E-state index in [1.54, 1.807) is 6.20 Å². The Kier molecular flexibility index (Phi) is 6.25. The number of fused-ring (bicyclic) bond motifs is 2. The fourth-order valence-corrected chi connectivity index (χ4v) is 5.78. The zero-order valence-corrected chi connectivity index (χ0v) is 21.8. The van der Waals surface area contributed by atoms with Crippen molar-refractivity contribution in [3.05, 3.63) is 30.2 Å². The molecule has 3 fully saturated rings. The lowest BCUT2D eigenvalue weighted by molar-refractivity contribution is -0.126. The number of carbonyl (C=O) groups excluding carboxylic acids is 2. The Balaban J connectivity index is 1.11. The van der Waals surface area contributed by atoms with Gasteiger partial charge in [-0.1, -0.05) is 6.42 Å². The predicted octanol–water partition coefficient (Wildman–Crippen LogP) is 4.10. The minimum atomic E-state index is -0.184. The van der Waals surface area contributed by atoms with Gasteiger partial charge in [-0.05, 0) is 69.4 Å². The van der Waals surface area contributed by atoms with E-state index < -0.39 is 0 Å². The SMILES string of the molecule is O=C(NC1CCC(C(=O)NC2CC2)CC1)c1c[nH]c2c(-c3c(OCC4CCC4)ccc4c3OCO4)ncnc12. The number of H-pyrrole nitrogens is 1. The fraction of sp³-hybridized carbons (Fsp3) is 0.517. The molecule has 3 N–H and O–H groups in total. The van der Waals surface area contributed by atoms with Crippen molar-refractivity contribution in [2.45, 2.75) is 69.9 Å². The van der Waals surface area contributed by atoms with Crippen molar-refractivity contribution in [2.75, 3.05) is 13.4 Å². The Morgan fingerprint density at radius 3 is 2.54 bits per heavy atom. The molecule has 3 saturated carbocycles. The average Bonchev–Trinajstić information content (AvgIpc) is 3.42. The number of amides is 2. The highest BCUT2D eigenvalue weighted by Crippen LogP contribution is 2.48. The van der Waals surface area contributed by atoms with Crippen molar-refractivity contribution in [1.82, 2.24) is 25.6 Å². The monoisotopic (exact) mass is 531 g/mol. The molecule has 10 nitrogen and oxygen atoms in total. The van der Waals surface area contributed by atoms with Crippen molar-refractivity contribution >= 4 is 22.8 Å². The smallest absolute Gasteiger partial charge is 0.255 e.